The van der Waals surface area contributed by atoms with Crippen LogP contribution >= 0.6 is 0 Å². The Bertz CT molecular complexity index is 1030. The number of carbonyl (C=O) groups excluding carboxylic acids is 2. The molecule has 6 nitrogen and oxygen atoms in total. The highest BCUT2D eigenvalue weighted by atomic mass is 16.2. The van der Waals surface area contributed by atoms with E-state index in [4.69, 9.17) is 0 Å². The van der Waals surface area contributed by atoms with Crippen LogP contribution in [0.5, 0.6) is 0 Å². The Morgan fingerprint density at radius 1 is 1.04 bits per heavy atom. The highest BCUT2D eigenvalue weighted by molar-refractivity contribution is 6.06. The third kappa shape index (κ3) is 4.00. The topological polar surface area (TPSA) is 75.5 Å². The summed E-state index contributed by atoms with van der Waals surface area (Å²) < 4.78 is 1.64. The van der Waals surface area contributed by atoms with Gasteiger partial charge in [0.05, 0.1) is 5.52 Å². The number of imidazole rings is 1. The van der Waals surface area contributed by atoms with Crippen LogP contribution in [0, 0.1) is 13.8 Å². The van der Waals surface area contributed by atoms with Crippen molar-refractivity contribution in [2.75, 3.05) is 5.32 Å². The van der Waals surface area contributed by atoms with Crippen LogP contribution in [0.2, 0.25) is 0 Å². The van der Waals surface area contributed by atoms with Crippen molar-refractivity contribution in [2.24, 2.45) is 0 Å². The highest BCUT2D eigenvalue weighted by Crippen LogP contribution is 2.19. The maximum atomic E-state index is 12.9. The van der Waals surface area contributed by atoms with Gasteiger partial charge < -0.3 is 10.6 Å². The predicted molar refractivity (Wildman–Crippen MR) is 106 cm³/mol. The molecule has 0 saturated carbocycles. The van der Waals surface area contributed by atoms with Gasteiger partial charge >= 0.3 is 0 Å². The standard InChI is InChI=1S/C21H24N4O2/c1-13-9-10-14(2)15(12-13)22-20(27)18-23-17(19(26)24-21(3,4)5)16-8-6-7-11-25(16)18/h6-12H,1-5H3,(H,22,27)(H,24,26). The molecule has 0 bridgehead atoms. The summed E-state index contributed by atoms with van der Waals surface area (Å²) in [4.78, 5) is 29.9. The lowest BCUT2D eigenvalue weighted by atomic mass is 10.1. The van der Waals surface area contributed by atoms with Gasteiger partial charge in [0.25, 0.3) is 11.8 Å². The summed E-state index contributed by atoms with van der Waals surface area (Å²) in [5, 5.41) is 5.81. The summed E-state index contributed by atoms with van der Waals surface area (Å²) in [5.41, 5.74) is 3.16. The van der Waals surface area contributed by atoms with Gasteiger partial charge in [0, 0.05) is 17.4 Å². The Morgan fingerprint density at radius 3 is 2.48 bits per heavy atom. The zero-order chi connectivity index (χ0) is 19.8. The van der Waals surface area contributed by atoms with Gasteiger partial charge in [-0.05, 0) is 63.9 Å². The normalized spacial score (nSPS) is 11.4. The number of carbonyl (C=O) groups is 2. The Morgan fingerprint density at radius 2 is 1.78 bits per heavy atom. The van der Waals surface area contributed by atoms with E-state index < -0.39 is 5.54 Å². The van der Waals surface area contributed by atoms with Crippen molar-refractivity contribution < 1.29 is 9.59 Å². The molecule has 2 N–H and O–H groups in total. The van der Waals surface area contributed by atoms with Gasteiger partial charge in [-0.15, -0.1) is 0 Å². The third-order valence-electron chi connectivity index (χ3n) is 4.10. The lowest BCUT2D eigenvalue weighted by Gasteiger charge is -2.19. The lowest BCUT2D eigenvalue weighted by molar-refractivity contribution is 0.0916. The molecular formula is C21H24N4O2. The zero-order valence-corrected chi connectivity index (χ0v) is 16.3. The largest absolute Gasteiger partial charge is 0.346 e. The van der Waals surface area contributed by atoms with E-state index in [2.05, 4.69) is 15.6 Å². The fourth-order valence-corrected chi connectivity index (χ4v) is 2.81. The highest BCUT2D eigenvalue weighted by Gasteiger charge is 2.24. The first-order chi connectivity index (χ1) is 12.7. The molecule has 2 aromatic heterocycles. The van der Waals surface area contributed by atoms with Gasteiger partial charge in [-0.1, -0.05) is 18.2 Å². The first kappa shape index (κ1) is 18.6. The molecule has 0 unspecified atom stereocenters. The lowest BCUT2D eigenvalue weighted by Crippen LogP contribution is -2.40. The van der Waals surface area contributed by atoms with E-state index in [0.717, 1.165) is 16.8 Å². The van der Waals surface area contributed by atoms with Crippen LogP contribution in [0.4, 0.5) is 5.69 Å². The van der Waals surface area contributed by atoms with E-state index in [0.29, 0.717) is 5.52 Å². The maximum Gasteiger partial charge on any atom is 0.292 e. The molecule has 0 aliphatic heterocycles. The second-order valence-electron chi connectivity index (χ2n) is 7.72. The van der Waals surface area contributed by atoms with E-state index in [9.17, 15) is 9.59 Å². The predicted octanol–water partition coefficient (Wildman–Crippen LogP) is 3.73. The fraction of sp³-hybridized carbons (Fsp3) is 0.286. The average molecular weight is 364 g/mol. The molecule has 2 heterocycles. The van der Waals surface area contributed by atoms with Crippen LogP contribution in [0.25, 0.3) is 5.52 Å². The number of hydrogen-bond acceptors (Lipinski definition) is 3. The van der Waals surface area contributed by atoms with E-state index in [1.165, 1.54) is 0 Å². The molecule has 3 aromatic rings. The molecule has 6 heteroatoms. The Kier molecular flexibility index (Phi) is 4.74. The number of anilines is 1. The van der Waals surface area contributed by atoms with E-state index in [1.54, 1.807) is 22.7 Å². The molecule has 140 valence electrons. The molecule has 0 atom stereocenters. The molecule has 3 rings (SSSR count). The number of aromatic nitrogens is 2. The Balaban J connectivity index is 2.01. The number of rotatable bonds is 3. The Labute approximate surface area is 158 Å². The first-order valence-electron chi connectivity index (χ1n) is 8.84. The molecule has 0 saturated heterocycles. The quantitative estimate of drug-likeness (QED) is 0.743. The third-order valence-corrected chi connectivity index (χ3v) is 4.10. The molecule has 0 radical (unpaired) electrons. The van der Waals surface area contributed by atoms with Gasteiger partial charge in [-0.2, -0.15) is 0 Å². The van der Waals surface area contributed by atoms with Gasteiger partial charge in [-0.3, -0.25) is 14.0 Å². The number of fused-ring (bicyclic) bond motifs is 1. The number of hydrogen-bond donors (Lipinski definition) is 2. The second-order valence-corrected chi connectivity index (χ2v) is 7.72. The number of aryl methyl sites for hydroxylation is 2. The van der Waals surface area contributed by atoms with Gasteiger partial charge in [0.15, 0.2) is 5.69 Å². The summed E-state index contributed by atoms with van der Waals surface area (Å²) in [5.74, 6) is -0.498. The molecular weight excluding hydrogens is 340 g/mol. The van der Waals surface area contributed by atoms with Crippen molar-refractivity contribution in [3.05, 3.63) is 65.2 Å². The molecule has 1 aromatic carbocycles. The van der Waals surface area contributed by atoms with Crippen molar-refractivity contribution in [3.63, 3.8) is 0 Å². The molecule has 0 fully saturated rings. The molecule has 0 aliphatic carbocycles. The number of amides is 2. The summed E-state index contributed by atoms with van der Waals surface area (Å²) in [6.45, 7) is 9.60. The van der Waals surface area contributed by atoms with Crippen molar-refractivity contribution in [1.82, 2.24) is 14.7 Å². The van der Waals surface area contributed by atoms with Crippen LogP contribution in [0.1, 0.15) is 53.0 Å². The number of benzene rings is 1. The van der Waals surface area contributed by atoms with Gasteiger partial charge in [0.1, 0.15) is 0 Å². The van der Waals surface area contributed by atoms with E-state index in [1.807, 2.05) is 58.9 Å². The van der Waals surface area contributed by atoms with Crippen LogP contribution in [0.3, 0.4) is 0 Å². The van der Waals surface area contributed by atoms with Crippen molar-refractivity contribution >= 4 is 23.0 Å². The second kappa shape index (κ2) is 6.87. The minimum absolute atomic E-state index is 0.172. The van der Waals surface area contributed by atoms with Crippen molar-refractivity contribution in [3.8, 4) is 0 Å². The molecule has 27 heavy (non-hydrogen) atoms. The number of nitrogens with zero attached hydrogens (tertiary/aromatic N) is 2. The Hall–Kier alpha value is -3.15. The zero-order valence-electron chi connectivity index (χ0n) is 16.3. The van der Waals surface area contributed by atoms with Crippen LogP contribution in [-0.2, 0) is 0 Å². The van der Waals surface area contributed by atoms with E-state index in [-0.39, 0.29) is 23.3 Å². The number of pyridine rings is 1. The monoisotopic (exact) mass is 364 g/mol. The maximum absolute atomic E-state index is 12.9. The molecule has 2 amide bonds. The van der Waals surface area contributed by atoms with E-state index >= 15 is 0 Å². The SMILES string of the molecule is Cc1ccc(C)c(NC(=O)c2nc(C(=O)NC(C)(C)C)c3ccccn23)c1. The summed E-state index contributed by atoms with van der Waals surface area (Å²) in [6.07, 6.45) is 1.73. The summed E-state index contributed by atoms with van der Waals surface area (Å²) in [7, 11) is 0. The minimum atomic E-state index is -0.400. The molecule has 0 spiro atoms. The van der Waals surface area contributed by atoms with Crippen molar-refractivity contribution in [2.45, 2.75) is 40.2 Å². The number of nitrogens with one attached hydrogen (secondary N) is 2. The van der Waals surface area contributed by atoms with Crippen LogP contribution in [0.15, 0.2) is 42.6 Å². The smallest absolute Gasteiger partial charge is 0.292 e. The van der Waals surface area contributed by atoms with Crippen molar-refractivity contribution in [1.29, 1.82) is 0 Å². The first-order valence-corrected chi connectivity index (χ1v) is 8.84. The minimum Gasteiger partial charge on any atom is -0.346 e. The van der Waals surface area contributed by atoms with Crippen LogP contribution in [-0.4, -0.2) is 26.7 Å². The molecule has 0 aliphatic rings. The summed E-state index contributed by atoms with van der Waals surface area (Å²) in [6, 6.07) is 11.3. The van der Waals surface area contributed by atoms with Crippen LogP contribution < -0.4 is 10.6 Å². The fourth-order valence-electron chi connectivity index (χ4n) is 2.81. The van der Waals surface area contributed by atoms with Gasteiger partial charge in [0.2, 0.25) is 5.82 Å². The summed E-state index contributed by atoms with van der Waals surface area (Å²) >= 11 is 0. The van der Waals surface area contributed by atoms with Gasteiger partial charge in [-0.25, -0.2) is 4.98 Å². The average Bonchev–Trinajstić information content (AvgIpc) is 2.96.